The van der Waals surface area contributed by atoms with Gasteiger partial charge in [-0.25, -0.2) is 9.97 Å². The Balaban J connectivity index is 1.36. The summed E-state index contributed by atoms with van der Waals surface area (Å²) >= 11 is 0. The molecule has 0 saturated heterocycles. The summed E-state index contributed by atoms with van der Waals surface area (Å²) in [4.78, 5) is 9.06. The number of hydrogen-bond donors (Lipinski definition) is 0. The molecular formula is C24H22N4. The Morgan fingerprint density at radius 2 is 1.04 bits per heavy atom. The molecule has 28 heavy (non-hydrogen) atoms. The Bertz CT molecular complexity index is 1170. The van der Waals surface area contributed by atoms with Crippen molar-refractivity contribution in [3.05, 3.63) is 95.6 Å². The van der Waals surface area contributed by atoms with Gasteiger partial charge in [0.25, 0.3) is 0 Å². The lowest BCUT2D eigenvalue weighted by molar-refractivity contribution is 0.811. The molecule has 0 fully saturated rings. The lowest BCUT2D eigenvalue weighted by Crippen LogP contribution is -2.00. The largest absolute Gasteiger partial charge is 0.326 e. The molecule has 3 aromatic carbocycles. The Hall–Kier alpha value is -3.40. The van der Waals surface area contributed by atoms with Crippen LogP contribution in [0.2, 0.25) is 0 Å². The van der Waals surface area contributed by atoms with Crippen LogP contribution in [0.5, 0.6) is 0 Å². The maximum absolute atomic E-state index is 4.53. The van der Waals surface area contributed by atoms with Crippen LogP contribution in [0.25, 0.3) is 22.1 Å². The van der Waals surface area contributed by atoms with Crippen LogP contribution in [0, 0.1) is 13.8 Å². The fourth-order valence-electron chi connectivity index (χ4n) is 3.74. The number of aromatic nitrogens is 4. The molecule has 0 aliphatic carbocycles. The molecule has 138 valence electrons. The number of benzene rings is 3. The fourth-order valence-corrected chi connectivity index (χ4v) is 3.74. The highest BCUT2D eigenvalue weighted by molar-refractivity contribution is 5.76. The summed E-state index contributed by atoms with van der Waals surface area (Å²) in [6.07, 6.45) is 3.86. The molecule has 0 aliphatic rings. The molecule has 2 heterocycles. The average molecular weight is 366 g/mol. The molecule has 0 radical (unpaired) electrons. The van der Waals surface area contributed by atoms with Crippen molar-refractivity contribution in [1.29, 1.82) is 0 Å². The van der Waals surface area contributed by atoms with Crippen molar-refractivity contribution in [3.8, 4) is 0 Å². The minimum atomic E-state index is 0.827. The van der Waals surface area contributed by atoms with Gasteiger partial charge in [-0.05, 0) is 60.4 Å². The van der Waals surface area contributed by atoms with E-state index in [4.69, 9.17) is 0 Å². The minimum Gasteiger partial charge on any atom is -0.326 e. The van der Waals surface area contributed by atoms with Crippen molar-refractivity contribution >= 4 is 22.1 Å². The van der Waals surface area contributed by atoms with E-state index >= 15 is 0 Å². The van der Waals surface area contributed by atoms with E-state index in [1.165, 1.54) is 33.3 Å². The van der Waals surface area contributed by atoms with Crippen LogP contribution in [0.4, 0.5) is 0 Å². The SMILES string of the molecule is Cc1ccc2c(c1)ncn2Cc1ccc(Cn2cnc3cc(C)ccc32)cc1. The molecule has 4 nitrogen and oxygen atoms in total. The zero-order chi connectivity index (χ0) is 19.1. The van der Waals surface area contributed by atoms with Crippen LogP contribution >= 0.6 is 0 Å². The molecule has 0 amide bonds. The van der Waals surface area contributed by atoms with Gasteiger partial charge in [-0.2, -0.15) is 0 Å². The number of fused-ring (bicyclic) bond motifs is 2. The zero-order valence-corrected chi connectivity index (χ0v) is 16.1. The number of imidazole rings is 2. The fraction of sp³-hybridized carbons (Fsp3) is 0.167. The van der Waals surface area contributed by atoms with Gasteiger partial charge in [-0.1, -0.05) is 36.4 Å². The second-order valence-corrected chi connectivity index (χ2v) is 7.55. The van der Waals surface area contributed by atoms with Crippen LogP contribution in [0.3, 0.4) is 0 Å². The standard InChI is InChI=1S/C24H22N4/c1-17-3-9-23-21(11-17)25-15-27(23)13-19-5-7-20(8-6-19)14-28-16-26-22-12-18(2)4-10-24(22)28/h3-12,15-16H,13-14H2,1-2H3. The van der Waals surface area contributed by atoms with Crippen molar-refractivity contribution in [3.63, 3.8) is 0 Å². The molecule has 0 spiro atoms. The monoisotopic (exact) mass is 366 g/mol. The summed E-state index contributed by atoms with van der Waals surface area (Å²) in [6.45, 7) is 5.85. The lowest BCUT2D eigenvalue weighted by Gasteiger charge is -2.08. The van der Waals surface area contributed by atoms with Crippen LogP contribution in [0.15, 0.2) is 73.3 Å². The molecule has 0 atom stereocenters. The third-order valence-corrected chi connectivity index (χ3v) is 5.28. The molecule has 0 aliphatic heterocycles. The predicted molar refractivity (Wildman–Crippen MR) is 114 cm³/mol. The maximum Gasteiger partial charge on any atom is 0.0961 e. The average Bonchev–Trinajstić information content (AvgIpc) is 3.27. The molecule has 5 rings (SSSR count). The first-order valence-electron chi connectivity index (χ1n) is 9.56. The van der Waals surface area contributed by atoms with Gasteiger partial charge in [0.05, 0.1) is 34.7 Å². The minimum absolute atomic E-state index is 0.827. The van der Waals surface area contributed by atoms with Gasteiger partial charge in [-0.15, -0.1) is 0 Å². The van der Waals surface area contributed by atoms with Crippen LogP contribution in [-0.2, 0) is 13.1 Å². The van der Waals surface area contributed by atoms with Crippen LogP contribution < -0.4 is 0 Å². The number of nitrogens with zero attached hydrogens (tertiary/aromatic N) is 4. The van der Waals surface area contributed by atoms with Gasteiger partial charge in [0.2, 0.25) is 0 Å². The van der Waals surface area contributed by atoms with Gasteiger partial charge in [0, 0.05) is 13.1 Å². The second-order valence-electron chi connectivity index (χ2n) is 7.55. The Morgan fingerprint density at radius 3 is 1.46 bits per heavy atom. The lowest BCUT2D eigenvalue weighted by atomic mass is 10.1. The molecule has 0 bridgehead atoms. The van der Waals surface area contributed by atoms with Gasteiger partial charge in [0.1, 0.15) is 0 Å². The van der Waals surface area contributed by atoms with Crippen molar-refractivity contribution in [1.82, 2.24) is 19.1 Å². The number of aryl methyl sites for hydroxylation is 2. The van der Waals surface area contributed by atoms with Gasteiger partial charge in [0.15, 0.2) is 0 Å². The van der Waals surface area contributed by atoms with E-state index in [0.717, 1.165) is 24.1 Å². The third kappa shape index (κ3) is 3.07. The van der Waals surface area contributed by atoms with Crippen molar-refractivity contribution in [2.45, 2.75) is 26.9 Å². The highest BCUT2D eigenvalue weighted by atomic mass is 15.0. The first-order valence-corrected chi connectivity index (χ1v) is 9.56. The first-order chi connectivity index (χ1) is 13.7. The normalized spacial score (nSPS) is 11.5. The summed E-state index contributed by atoms with van der Waals surface area (Å²) in [6, 6.07) is 21.7. The summed E-state index contributed by atoms with van der Waals surface area (Å²) in [5, 5.41) is 0. The Labute approximate surface area is 164 Å². The predicted octanol–water partition coefficient (Wildman–Crippen LogP) is 5.10. The van der Waals surface area contributed by atoms with E-state index in [-0.39, 0.29) is 0 Å². The molecule has 4 heteroatoms. The topological polar surface area (TPSA) is 35.6 Å². The molecule has 5 aromatic rings. The second kappa shape index (κ2) is 6.64. The Kier molecular flexibility index (Phi) is 3.97. The molecule has 2 aromatic heterocycles. The van der Waals surface area contributed by atoms with Crippen LogP contribution in [-0.4, -0.2) is 19.1 Å². The number of hydrogen-bond acceptors (Lipinski definition) is 2. The smallest absolute Gasteiger partial charge is 0.0961 e. The number of rotatable bonds is 4. The summed E-state index contributed by atoms with van der Waals surface area (Å²) in [5.74, 6) is 0. The molecular weight excluding hydrogens is 344 g/mol. The van der Waals surface area contributed by atoms with E-state index in [9.17, 15) is 0 Å². The van der Waals surface area contributed by atoms with Gasteiger partial charge >= 0.3 is 0 Å². The Morgan fingerprint density at radius 1 is 0.607 bits per heavy atom. The summed E-state index contributed by atoms with van der Waals surface area (Å²) in [5.41, 5.74) is 9.49. The zero-order valence-electron chi connectivity index (χ0n) is 16.1. The van der Waals surface area contributed by atoms with Crippen LogP contribution in [0.1, 0.15) is 22.3 Å². The molecule has 0 saturated carbocycles. The van der Waals surface area contributed by atoms with Gasteiger partial charge in [-0.3, -0.25) is 0 Å². The third-order valence-electron chi connectivity index (χ3n) is 5.28. The highest BCUT2D eigenvalue weighted by Gasteiger charge is 2.06. The highest BCUT2D eigenvalue weighted by Crippen LogP contribution is 2.18. The molecule has 0 N–H and O–H groups in total. The van der Waals surface area contributed by atoms with E-state index in [1.807, 2.05) is 12.7 Å². The quantitative estimate of drug-likeness (QED) is 0.444. The van der Waals surface area contributed by atoms with Crippen molar-refractivity contribution < 1.29 is 0 Å². The van der Waals surface area contributed by atoms with Crippen molar-refractivity contribution in [2.24, 2.45) is 0 Å². The van der Waals surface area contributed by atoms with Crippen molar-refractivity contribution in [2.75, 3.05) is 0 Å². The first kappa shape index (κ1) is 16.8. The van der Waals surface area contributed by atoms with E-state index in [2.05, 4.69) is 93.6 Å². The van der Waals surface area contributed by atoms with E-state index < -0.39 is 0 Å². The molecule has 0 unspecified atom stereocenters. The maximum atomic E-state index is 4.53. The van der Waals surface area contributed by atoms with Gasteiger partial charge < -0.3 is 9.13 Å². The summed E-state index contributed by atoms with van der Waals surface area (Å²) < 4.78 is 4.41. The van der Waals surface area contributed by atoms with E-state index in [1.54, 1.807) is 0 Å². The summed E-state index contributed by atoms with van der Waals surface area (Å²) in [7, 11) is 0. The van der Waals surface area contributed by atoms with E-state index in [0.29, 0.717) is 0 Å².